The summed E-state index contributed by atoms with van der Waals surface area (Å²) < 4.78 is 12.5. The zero-order chi connectivity index (χ0) is 23.7. The highest BCUT2D eigenvalue weighted by Crippen LogP contribution is 2.70. The highest BCUT2D eigenvalue weighted by atomic mass is 28.4. The van der Waals surface area contributed by atoms with E-state index in [-0.39, 0.29) is 23.7 Å². The van der Waals surface area contributed by atoms with Gasteiger partial charge in [0.25, 0.3) is 0 Å². The van der Waals surface area contributed by atoms with Gasteiger partial charge in [-0.2, -0.15) is 0 Å². The Kier molecular flexibility index (Phi) is 6.09. The first-order valence-electron chi connectivity index (χ1n) is 12.8. The molecule has 184 valence electrons. The summed E-state index contributed by atoms with van der Waals surface area (Å²) >= 11 is 0. The molecule has 1 spiro atoms. The molecule has 4 aliphatic rings. The third-order valence-corrected chi connectivity index (χ3v) is 9.71. The van der Waals surface area contributed by atoms with Crippen molar-refractivity contribution in [1.82, 2.24) is 9.80 Å². The smallest absolute Gasteiger partial charge is 0.410 e. The van der Waals surface area contributed by atoms with E-state index in [1.54, 1.807) is 0 Å². The van der Waals surface area contributed by atoms with E-state index in [0.717, 1.165) is 45.1 Å². The number of likely N-dealkylation sites (tertiary alicyclic amines) is 1. The number of likely N-dealkylation sites (N-methyl/N-ethyl adjacent to an activating group) is 1. The molecule has 2 aliphatic carbocycles. The third kappa shape index (κ3) is 3.85. The Morgan fingerprint density at radius 2 is 1.78 bits per heavy atom. The maximum absolute atomic E-state index is 12.8. The first kappa shape index (κ1) is 24.5. The maximum Gasteiger partial charge on any atom is 0.410 e. The number of rotatable bonds is 2. The summed E-state index contributed by atoms with van der Waals surface area (Å²) in [4.78, 5) is 17.2. The number of ether oxygens (including phenoxy) is 1. The first-order chi connectivity index (χ1) is 14.7. The SMILES string of the molecule is C[C@H]1C[C@]2(O)[C@@H]3C[C@H]([C@H]1O[Si](C)(C)C)[C@]21CCCN(C(=O)OC(C)(C)C)CCC[C@@H]1N3C. The zero-order valence-corrected chi connectivity index (χ0v) is 22.6. The van der Waals surface area contributed by atoms with Crippen molar-refractivity contribution in [2.75, 3.05) is 20.1 Å². The topological polar surface area (TPSA) is 62.2 Å². The van der Waals surface area contributed by atoms with Gasteiger partial charge < -0.3 is 19.2 Å². The molecular weight excluding hydrogens is 420 g/mol. The molecule has 0 radical (unpaired) electrons. The Bertz CT molecular complexity index is 734. The molecule has 4 fully saturated rings. The Morgan fingerprint density at radius 1 is 1.12 bits per heavy atom. The van der Waals surface area contributed by atoms with Crippen LogP contribution in [0.2, 0.25) is 19.6 Å². The summed E-state index contributed by atoms with van der Waals surface area (Å²) in [5, 5.41) is 12.3. The van der Waals surface area contributed by atoms with Crippen LogP contribution in [0.3, 0.4) is 0 Å². The predicted molar refractivity (Wildman–Crippen MR) is 129 cm³/mol. The fraction of sp³-hybridized carbons (Fsp3) is 0.960. The Hall–Kier alpha value is -0.633. The highest BCUT2D eigenvalue weighted by Gasteiger charge is 2.77. The molecule has 2 saturated heterocycles. The minimum absolute atomic E-state index is 0.132. The van der Waals surface area contributed by atoms with E-state index in [0.29, 0.717) is 24.4 Å². The number of carbonyl (C=O) groups excluding carboxylic acids is 1. The molecule has 4 rings (SSSR count). The van der Waals surface area contributed by atoms with Crippen molar-refractivity contribution >= 4 is 14.4 Å². The molecule has 2 saturated carbocycles. The number of piperidine rings is 1. The van der Waals surface area contributed by atoms with Gasteiger partial charge in [-0.05, 0) is 97.8 Å². The lowest BCUT2D eigenvalue weighted by molar-refractivity contribution is -0.155. The van der Waals surface area contributed by atoms with Crippen LogP contribution < -0.4 is 0 Å². The molecular formula is C25H46N2O4Si. The van der Waals surface area contributed by atoms with Crippen LogP contribution in [0, 0.1) is 17.3 Å². The summed E-state index contributed by atoms with van der Waals surface area (Å²) in [6, 6.07) is 0.589. The molecule has 2 aliphatic heterocycles. The maximum atomic E-state index is 12.8. The quantitative estimate of drug-likeness (QED) is 0.608. The number of hydrogen-bond donors (Lipinski definition) is 1. The molecule has 6 nitrogen and oxygen atoms in total. The number of aliphatic hydroxyl groups is 1. The molecule has 1 amide bonds. The van der Waals surface area contributed by atoms with E-state index in [1.165, 1.54) is 0 Å². The van der Waals surface area contributed by atoms with Crippen molar-refractivity contribution in [1.29, 1.82) is 0 Å². The van der Waals surface area contributed by atoms with Gasteiger partial charge in [0.15, 0.2) is 8.32 Å². The van der Waals surface area contributed by atoms with Crippen LogP contribution in [0.5, 0.6) is 0 Å². The van der Waals surface area contributed by atoms with Gasteiger partial charge in [0, 0.05) is 30.6 Å². The number of nitrogens with zero attached hydrogens (tertiary/aromatic N) is 2. The van der Waals surface area contributed by atoms with Crippen LogP contribution in [0.15, 0.2) is 0 Å². The monoisotopic (exact) mass is 466 g/mol. The Balaban J connectivity index is 1.62. The van der Waals surface area contributed by atoms with Crippen molar-refractivity contribution in [2.45, 2.75) is 115 Å². The van der Waals surface area contributed by atoms with E-state index in [1.807, 2.05) is 25.7 Å². The predicted octanol–water partition coefficient (Wildman–Crippen LogP) is 4.48. The van der Waals surface area contributed by atoms with Crippen LogP contribution in [-0.2, 0) is 9.16 Å². The number of amides is 1. The number of carbonyl (C=O) groups is 1. The minimum Gasteiger partial charge on any atom is -0.444 e. The fourth-order valence-electron chi connectivity index (χ4n) is 7.95. The molecule has 32 heavy (non-hydrogen) atoms. The summed E-state index contributed by atoms with van der Waals surface area (Å²) in [7, 11) is 0.528. The minimum atomic E-state index is -1.70. The van der Waals surface area contributed by atoms with Crippen LogP contribution in [0.1, 0.15) is 66.2 Å². The molecule has 0 aromatic heterocycles. The van der Waals surface area contributed by atoms with Crippen LogP contribution >= 0.6 is 0 Å². The van der Waals surface area contributed by atoms with E-state index in [9.17, 15) is 9.90 Å². The molecule has 1 N–H and O–H groups in total. The van der Waals surface area contributed by atoms with E-state index in [2.05, 4.69) is 38.5 Å². The lowest BCUT2D eigenvalue weighted by Crippen LogP contribution is -2.61. The lowest BCUT2D eigenvalue weighted by Gasteiger charge is -2.56. The van der Waals surface area contributed by atoms with Gasteiger partial charge in [-0.15, -0.1) is 0 Å². The van der Waals surface area contributed by atoms with Gasteiger partial charge in [0.05, 0.1) is 11.7 Å². The van der Waals surface area contributed by atoms with Crippen LogP contribution in [-0.4, -0.2) is 78.8 Å². The highest BCUT2D eigenvalue weighted by molar-refractivity contribution is 6.69. The Labute approximate surface area is 196 Å². The molecule has 0 unspecified atom stereocenters. The summed E-state index contributed by atoms with van der Waals surface area (Å²) in [5.41, 5.74) is -1.25. The second kappa shape index (κ2) is 7.96. The molecule has 7 atom stereocenters. The van der Waals surface area contributed by atoms with Crippen molar-refractivity contribution in [2.24, 2.45) is 17.3 Å². The van der Waals surface area contributed by atoms with Crippen LogP contribution in [0.25, 0.3) is 0 Å². The van der Waals surface area contributed by atoms with Gasteiger partial charge >= 0.3 is 6.09 Å². The zero-order valence-electron chi connectivity index (χ0n) is 21.6. The van der Waals surface area contributed by atoms with Crippen molar-refractivity contribution in [3.63, 3.8) is 0 Å². The van der Waals surface area contributed by atoms with E-state index < -0.39 is 19.5 Å². The Morgan fingerprint density at radius 3 is 2.41 bits per heavy atom. The molecule has 0 aromatic rings. The lowest BCUT2D eigenvalue weighted by atomic mass is 9.54. The average Bonchev–Trinajstić information content (AvgIpc) is 2.96. The standard InChI is InChI=1S/C25H46N2O4Si/c1-17-16-25(29)20-15-18(21(17)31-32(6,7)8)24(25)12-10-14-27(22(28)30-23(2,3)4)13-9-11-19(24)26(20)5/h17-21,29H,9-16H2,1-8H3/t17-,18+,19-,20-,21-,24-,25-/m0/s1. The van der Waals surface area contributed by atoms with Gasteiger partial charge in [0.2, 0.25) is 0 Å². The fourth-order valence-corrected chi connectivity index (χ4v) is 9.16. The van der Waals surface area contributed by atoms with Crippen molar-refractivity contribution in [3.8, 4) is 0 Å². The third-order valence-electron chi connectivity index (χ3n) is 8.73. The van der Waals surface area contributed by atoms with E-state index in [4.69, 9.17) is 9.16 Å². The number of hydrogen-bond acceptors (Lipinski definition) is 5. The second-order valence-corrected chi connectivity index (χ2v) is 17.6. The largest absolute Gasteiger partial charge is 0.444 e. The average molecular weight is 467 g/mol. The van der Waals surface area contributed by atoms with Crippen LogP contribution in [0.4, 0.5) is 4.79 Å². The van der Waals surface area contributed by atoms with E-state index >= 15 is 0 Å². The summed E-state index contributed by atoms with van der Waals surface area (Å²) in [6.45, 7) is 16.4. The second-order valence-electron chi connectivity index (χ2n) is 13.1. The van der Waals surface area contributed by atoms with Gasteiger partial charge in [-0.3, -0.25) is 4.90 Å². The molecule has 4 bridgehead atoms. The van der Waals surface area contributed by atoms with Crippen molar-refractivity contribution in [3.05, 3.63) is 0 Å². The summed E-state index contributed by atoms with van der Waals surface area (Å²) in [6.07, 6.45) is 5.73. The van der Waals surface area contributed by atoms with Gasteiger partial charge in [-0.25, -0.2) is 4.79 Å². The first-order valence-corrected chi connectivity index (χ1v) is 16.2. The van der Waals surface area contributed by atoms with Gasteiger partial charge in [-0.1, -0.05) is 6.92 Å². The normalized spacial score (nSPS) is 42.8. The molecule has 2 heterocycles. The van der Waals surface area contributed by atoms with Gasteiger partial charge in [0.1, 0.15) is 5.60 Å². The summed E-state index contributed by atoms with van der Waals surface area (Å²) in [5.74, 6) is 0.785. The molecule has 7 heteroatoms. The van der Waals surface area contributed by atoms with Crippen molar-refractivity contribution < 1.29 is 19.1 Å². The molecule has 0 aromatic carbocycles.